The molecule has 1 aromatic carbocycles. The maximum Gasteiger partial charge on any atom is 0.258 e. The molecule has 0 radical (unpaired) electrons. The monoisotopic (exact) mass is 304 g/mol. The highest BCUT2D eigenvalue weighted by atomic mass is 79.9. The average molecular weight is 305 g/mol. The summed E-state index contributed by atoms with van der Waals surface area (Å²) in [6, 6.07) is 9.26. The summed E-state index contributed by atoms with van der Waals surface area (Å²) in [7, 11) is 0. The molecule has 0 saturated carbocycles. The fourth-order valence-corrected chi connectivity index (χ4v) is 1.84. The number of hydrogen-bond acceptors (Lipinski definition) is 4. The lowest BCUT2D eigenvalue weighted by Crippen LogP contribution is -1.87. The maximum atomic E-state index is 5.82. The molecule has 0 spiro atoms. The van der Waals surface area contributed by atoms with Gasteiger partial charge in [0.15, 0.2) is 0 Å². The highest BCUT2D eigenvalue weighted by Gasteiger charge is 2.11. The first kappa shape index (κ1) is 11.0. The van der Waals surface area contributed by atoms with E-state index in [1.807, 2.05) is 30.5 Å². The van der Waals surface area contributed by atoms with Gasteiger partial charge in [-0.15, -0.1) is 0 Å². The van der Waals surface area contributed by atoms with Crippen molar-refractivity contribution in [1.82, 2.24) is 15.1 Å². The van der Waals surface area contributed by atoms with Crippen LogP contribution in [0.5, 0.6) is 0 Å². The Kier molecular flexibility index (Phi) is 2.64. The summed E-state index contributed by atoms with van der Waals surface area (Å²) in [5, 5.41) is 3.92. The third-order valence-corrected chi connectivity index (χ3v) is 3.23. The minimum atomic E-state index is 0.443. The summed E-state index contributed by atoms with van der Waals surface area (Å²) in [5.74, 6) is 0.968. The van der Waals surface area contributed by atoms with Crippen LogP contribution in [0, 0.1) is 0 Å². The van der Waals surface area contributed by atoms with Crippen molar-refractivity contribution in [2.24, 2.45) is 0 Å². The first-order valence-electron chi connectivity index (χ1n) is 5.27. The van der Waals surface area contributed by atoms with Gasteiger partial charge in [0.05, 0.1) is 5.69 Å². The first-order chi connectivity index (χ1) is 8.74. The van der Waals surface area contributed by atoms with E-state index in [4.69, 9.17) is 10.3 Å². The van der Waals surface area contributed by atoms with Gasteiger partial charge in [0.1, 0.15) is 0 Å². The Bertz CT molecular complexity index is 675. The normalized spacial score (nSPS) is 10.7. The lowest BCUT2D eigenvalue weighted by atomic mass is 10.2. The summed E-state index contributed by atoms with van der Waals surface area (Å²) < 4.78 is 6.06. The van der Waals surface area contributed by atoms with E-state index in [0.717, 1.165) is 15.7 Å². The van der Waals surface area contributed by atoms with E-state index in [1.165, 1.54) is 0 Å². The van der Waals surface area contributed by atoms with Crippen molar-refractivity contribution in [3.05, 3.63) is 41.0 Å². The van der Waals surface area contributed by atoms with Gasteiger partial charge in [-0.25, -0.2) is 0 Å². The van der Waals surface area contributed by atoms with Crippen molar-refractivity contribution in [2.75, 3.05) is 5.73 Å². The Balaban J connectivity index is 2.00. The molecule has 5 nitrogen and oxygen atoms in total. The number of H-pyrrole nitrogens is 1. The van der Waals surface area contributed by atoms with E-state index in [0.29, 0.717) is 17.4 Å². The molecule has 0 fully saturated rings. The molecule has 3 aromatic rings. The van der Waals surface area contributed by atoms with Gasteiger partial charge in [0.2, 0.25) is 5.82 Å². The predicted octanol–water partition coefficient (Wildman–Crippen LogP) is 3.08. The number of aromatic amines is 1. The van der Waals surface area contributed by atoms with Crippen LogP contribution < -0.4 is 5.73 Å². The van der Waals surface area contributed by atoms with Gasteiger partial charge in [-0.2, -0.15) is 4.98 Å². The van der Waals surface area contributed by atoms with E-state index in [1.54, 1.807) is 6.07 Å². The lowest BCUT2D eigenvalue weighted by molar-refractivity contribution is 0.432. The van der Waals surface area contributed by atoms with Crippen LogP contribution in [-0.4, -0.2) is 15.1 Å². The van der Waals surface area contributed by atoms with Gasteiger partial charge < -0.3 is 15.2 Å². The predicted molar refractivity (Wildman–Crippen MR) is 71.6 cm³/mol. The number of benzene rings is 1. The summed E-state index contributed by atoms with van der Waals surface area (Å²) in [5.41, 5.74) is 8.06. The zero-order chi connectivity index (χ0) is 12.5. The van der Waals surface area contributed by atoms with Crippen molar-refractivity contribution in [1.29, 1.82) is 0 Å². The second-order valence-electron chi connectivity index (χ2n) is 3.74. The smallest absolute Gasteiger partial charge is 0.258 e. The number of hydrogen-bond donors (Lipinski definition) is 2. The van der Waals surface area contributed by atoms with Crippen LogP contribution in [0.15, 0.2) is 45.5 Å². The molecule has 0 aliphatic carbocycles. The molecule has 18 heavy (non-hydrogen) atoms. The average Bonchev–Trinajstić information content (AvgIpc) is 3.01. The Morgan fingerprint density at radius 3 is 2.89 bits per heavy atom. The minimum Gasteiger partial charge on any atom is -0.398 e. The molecule has 0 amide bonds. The quantitative estimate of drug-likeness (QED) is 0.713. The molecule has 90 valence electrons. The van der Waals surface area contributed by atoms with Crippen molar-refractivity contribution in [3.63, 3.8) is 0 Å². The number of nitrogen functional groups attached to an aromatic ring is 1. The van der Waals surface area contributed by atoms with Gasteiger partial charge in [0, 0.05) is 21.9 Å². The van der Waals surface area contributed by atoms with Crippen LogP contribution in [0.4, 0.5) is 5.69 Å². The Morgan fingerprint density at radius 2 is 2.17 bits per heavy atom. The third kappa shape index (κ3) is 1.91. The van der Waals surface area contributed by atoms with Crippen molar-refractivity contribution >= 4 is 21.6 Å². The number of aromatic nitrogens is 3. The fraction of sp³-hybridized carbons (Fsp3) is 0. The van der Waals surface area contributed by atoms with E-state index >= 15 is 0 Å². The number of nitrogens with one attached hydrogen (secondary N) is 1. The molecule has 0 aliphatic rings. The van der Waals surface area contributed by atoms with Gasteiger partial charge in [0.25, 0.3) is 5.89 Å². The zero-order valence-corrected chi connectivity index (χ0v) is 10.8. The highest BCUT2D eigenvalue weighted by Crippen LogP contribution is 2.27. The molecular formula is C12H9BrN4O. The van der Waals surface area contributed by atoms with Gasteiger partial charge in [-0.3, -0.25) is 0 Å². The molecule has 3 N–H and O–H groups in total. The second kappa shape index (κ2) is 4.30. The summed E-state index contributed by atoms with van der Waals surface area (Å²) in [4.78, 5) is 7.34. The maximum absolute atomic E-state index is 5.82. The van der Waals surface area contributed by atoms with Gasteiger partial charge in [-0.1, -0.05) is 5.16 Å². The molecule has 6 heteroatoms. The van der Waals surface area contributed by atoms with Crippen LogP contribution >= 0.6 is 15.9 Å². The van der Waals surface area contributed by atoms with Crippen LogP contribution in [0.1, 0.15) is 0 Å². The van der Waals surface area contributed by atoms with Crippen molar-refractivity contribution in [3.8, 4) is 23.0 Å². The summed E-state index contributed by atoms with van der Waals surface area (Å²) in [6.07, 6.45) is 1.81. The second-order valence-corrected chi connectivity index (χ2v) is 4.60. The van der Waals surface area contributed by atoms with Gasteiger partial charge in [-0.05, 0) is 46.3 Å². The molecule has 0 atom stereocenters. The molecule has 2 heterocycles. The minimum absolute atomic E-state index is 0.443. The van der Waals surface area contributed by atoms with E-state index in [-0.39, 0.29) is 0 Å². The number of nitrogens with two attached hydrogens (primary N) is 1. The lowest BCUT2D eigenvalue weighted by Gasteiger charge is -1.99. The topological polar surface area (TPSA) is 80.7 Å². The van der Waals surface area contributed by atoms with Crippen LogP contribution in [-0.2, 0) is 0 Å². The SMILES string of the molecule is Nc1cc(-c2nc(-c3ccc[nH]3)no2)ccc1Br. The van der Waals surface area contributed by atoms with E-state index in [2.05, 4.69) is 31.1 Å². The molecule has 2 aromatic heterocycles. The van der Waals surface area contributed by atoms with E-state index < -0.39 is 0 Å². The fourth-order valence-electron chi connectivity index (χ4n) is 1.60. The van der Waals surface area contributed by atoms with Crippen LogP contribution in [0.25, 0.3) is 23.0 Å². The third-order valence-electron chi connectivity index (χ3n) is 2.51. The first-order valence-corrected chi connectivity index (χ1v) is 6.06. The largest absolute Gasteiger partial charge is 0.398 e. The molecule has 0 saturated heterocycles. The molecule has 0 aliphatic heterocycles. The van der Waals surface area contributed by atoms with Crippen LogP contribution in [0.2, 0.25) is 0 Å². The van der Waals surface area contributed by atoms with Crippen molar-refractivity contribution in [2.45, 2.75) is 0 Å². The molecule has 0 unspecified atom stereocenters. The van der Waals surface area contributed by atoms with Crippen molar-refractivity contribution < 1.29 is 4.52 Å². The molecular weight excluding hydrogens is 296 g/mol. The van der Waals surface area contributed by atoms with Crippen LogP contribution in [0.3, 0.4) is 0 Å². The number of rotatable bonds is 2. The zero-order valence-electron chi connectivity index (χ0n) is 9.22. The van der Waals surface area contributed by atoms with E-state index in [9.17, 15) is 0 Å². The summed E-state index contributed by atoms with van der Waals surface area (Å²) in [6.45, 7) is 0. The Hall–Kier alpha value is -2.08. The Labute approximate surface area is 111 Å². The highest BCUT2D eigenvalue weighted by molar-refractivity contribution is 9.10. The molecule has 0 bridgehead atoms. The van der Waals surface area contributed by atoms with Gasteiger partial charge >= 0.3 is 0 Å². The summed E-state index contributed by atoms with van der Waals surface area (Å²) >= 11 is 3.34. The number of halogens is 1. The standard InChI is InChI=1S/C12H9BrN4O/c13-8-4-3-7(6-9(8)14)12-16-11(17-18-12)10-2-1-5-15-10/h1-6,15H,14H2. The number of nitrogens with zero attached hydrogens (tertiary/aromatic N) is 2. The number of anilines is 1. The molecule has 3 rings (SSSR count). The Morgan fingerprint density at radius 1 is 1.28 bits per heavy atom.